The third-order valence-corrected chi connectivity index (χ3v) is 2.17. The van der Waals surface area contributed by atoms with Gasteiger partial charge in [-0.25, -0.2) is 4.79 Å². The minimum absolute atomic E-state index is 0.121. The second kappa shape index (κ2) is 10.3. The molecule has 0 aliphatic rings. The molecule has 6 nitrogen and oxygen atoms in total. The fraction of sp³-hybridized carbons (Fsp3) is 0.800. The minimum atomic E-state index is -0.450. The first-order valence-electron chi connectivity index (χ1n) is 5.28. The molecule has 0 atom stereocenters. The molecule has 0 unspecified atom stereocenters. The maximum atomic E-state index is 11.7. The largest absolute Gasteiger partial charge is 0.383 e. The number of urea groups is 1. The number of rotatable bonds is 8. The fourth-order valence-corrected chi connectivity index (χ4v) is 1.24. The van der Waals surface area contributed by atoms with Crippen LogP contribution >= 0.6 is 11.6 Å². The van der Waals surface area contributed by atoms with Gasteiger partial charge < -0.3 is 14.4 Å². The summed E-state index contributed by atoms with van der Waals surface area (Å²) in [5.74, 6) is -0.195. The Labute approximate surface area is 106 Å². The van der Waals surface area contributed by atoms with Crippen LogP contribution in [-0.4, -0.2) is 63.2 Å². The highest BCUT2D eigenvalue weighted by Gasteiger charge is 2.15. The zero-order valence-corrected chi connectivity index (χ0v) is 11.0. The number of methoxy groups -OCH3 is 2. The van der Waals surface area contributed by atoms with E-state index in [0.29, 0.717) is 26.3 Å². The van der Waals surface area contributed by atoms with Crippen LogP contribution < -0.4 is 5.32 Å². The molecule has 100 valence electrons. The van der Waals surface area contributed by atoms with E-state index in [1.54, 1.807) is 14.2 Å². The summed E-state index contributed by atoms with van der Waals surface area (Å²) < 4.78 is 9.77. The SMILES string of the molecule is COCCN(CCOC)C(=O)NC(=O)CCCl. The summed E-state index contributed by atoms with van der Waals surface area (Å²) in [7, 11) is 3.09. The van der Waals surface area contributed by atoms with E-state index in [0.717, 1.165) is 0 Å². The van der Waals surface area contributed by atoms with E-state index in [4.69, 9.17) is 21.1 Å². The molecule has 17 heavy (non-hydrogen) atoms. The number of halogens is 1. The Bertz CT molecular complexity index is 230. The molecule has 0 aromatic heterocycles. The van der Waals surface area contributed by atoms with E-state index in [-0.39, 0.29) is 18.2 Å². The molecular weight excluding hydrogens is 248 g/mol. The van der Waals surface area contributed by atoms with Crippen molar-refractivity contribution in [1.29, 1.82) is 0 Å². The molecule has 0 aliphatic carbocycles. The second-order valence-electron chi connectivity index (χ2n) is 3.26. The van der Waals surface area contributed by atoms with Gasteiger partial charge in [-0.1, -0.05) is 0 Å². The average Bonchev–Trinajstić information content (AvgIpc) is 2.29. The number of ether oxygens (including phenoxy) is 2. The lowest BCUT2D eigenvalue weighted by atomic mass is 10.4. The van der Waals surface area contributed by atoms with E-state index < -0.39 is 6.03 Å². The van der Waals surface area contributed by atoms with Crippen LogP contribution in [0.3, 0.4) is 0 Å². The summed E-state index contributed by atoms with van der Waals surface area (Å²) in [5, 5.41) is 2.25. The predicted octanol–water partition coefficient (Wildman–Crippen LogP) is 0.446. The number of hydrogen-bond acceptors (Lipinski definition) is 4. The predicted molar refractivity (Wildman–Crippen MR) is 64.2 cm³/mol. The maximum absolute atomic E-state index is 11.7. The molecule has 0 radical (unpaired) electrons. The van der Waals surface area contributed by atoms with Crippen molar-refractivity contribution in [2.75, 3.05) is 46.4 Å². The molecule has 3 amide bonds. The van der Waals surface area contributed by atoms with Gasteiger partial charge in [0.2, 0.25) is 5.91 Å². The van der Waals surface area contributed by atoms with E-state index >= 15 is 0 Å². The second-order valence-corrected chi connectivity index (χ2v) is 3.64. The molecule has 0 saturated carbocycles. The van der Waals surface area contributed by atoms with Gasteiger partial charge in [0.15, 0.2) is 0 Å². The summed E-state index contributed by atoms with van der Waals surface area (Å²) >= 11 is 5.40. The van der Waals surface area contributed by atoms with Crippen LogP contribution in [-0.2, 0) is 14.3 Å². The number of alkyl halides is 1. The lowest BCUT2D eigenvalue weighted by Gasteiger charge is -2.21. The number of carbonyl (C=O) groups is 2. The van der Waals surface area contributed by atoms with Gasteiger partial charge in [0.1, 0.15) is 0 Å². The summed E-state index contributed by atoms with van der Waals surface area (Å²) in [5.41, 5.74) is 0. The van der Waals surface area contributed by atoms with Gasteiger partial charge in [0, 0.05) is 39.6 Å². The molecule has 0 aliphatic heterocycles. The molecule has 0 spiro atoms. The standard InChI is InChI=1S/C10H19ClN2O4/c1-16-7-5-13(6-8-17-2)10(15)12-9(14)3-4-11/h3-8H2,1-2H3,(H,12,14,15). The quantitative estimate of drug-likeness (QED) is 0.648. The molecule has 0 aromatic carbocycles. The highest BCUT2D eigenvalue weighted by Crippen LogP contribution is 1.92. The van der Waals surface area contributed by atoms with E-state index in [1.165, 1.54) is 4.90 Å². The van der Waals surface area contributed by atoms with Crippen LogP contribution in [0.25, 0.3) is 0 Å². The summed E-state index contributed by atoms with van der Waals surface area (Å²) in [4.78, 5) is 24.3. The summed E-state index contributed by atoms with van der Waals surface area (Å²) in [6.45, 7) is 1.61. The Balaban J connectivity index is 4.15. The average molecular weight is 267 g/mol. The molecular formula is C10H19ClN2O4. The van der Waals surface area contributed by atoms with Crippen LogP contribution in [0.15, 0.2) is 0 Å². The third kappa shape index (κ3) is 7.95. The highest BCUT2D eigenvalue weighted by molar-refractivity contribution is 6.19. The van der Waals surface area contributed by atoms with Crippen molar-refractivity contribution in [2.24, 2.45) is 0 Å². The van der Waals surface area contributed by atoms with Crippen molar-refractivity contribution < 1.29 is 19.1 Å². The van der Waals surface area contributed by atoms with Crippen molar-refractivity contribution in [3.8, 4) is 0 Å². The van der Waals surface area contributed by atoms with Crippen LogP contribution in [0.2, 0.25) is 0 Å². The van der Waals surface area contributed by atoms with Crippen molar-refractivity contribution in [3.63, 3.8) is 0 Å². The fourth-order valence-electron chi connectivity index (χ4n) is 1.06. The summed E-state index contributed by atoms with van der Waals surface area (Å²) in [6, 6.07) is -0.450. The lowest BCUT2D eigenvalue weighted by molar-refractivity contribution is -0.119. The smallest absolute Gasteiger partial charge is 0.324 e. The number of carbonyl (C=O) groups excluding carboxylic acids is 2. The lowest BCUT2D eigenvalue weighted by Crippen LogP contribution is -2.45. The van der Waals surface area contributed by atoms with Crippen LogP contribution in [0.5, 0.6) is 0 Å². The molecule has 0 heterocycles. The highest BCUT2D eigenvalue weighted by atomic mass is 35.5. The number of hydrogen-bond donors (Lipinski definition) is 1. The van der Waals surface area contributed by atoms with Gasteiger partial charge in [-0.3, -0.25) is 10.1 Å². The topological polar surface area (TPSA) is 67.9 Å². The Kier molecular flexibility index (Phi) is 9.80. The number of nitrogens with one attached hydrogen (secondary N) is 1. The number of nitrogens with zero attached hydrogens (tertiary/aromatic N) is 1. The van der Waals surface area contributed by atoms with E-state index in [9.17, 15) is 9.59 Å². The molecule has 0 aromatic rings. The van der Waals surface area contributed by atoms with Crippen molar-refractivity contribution >= 4 is 23.5 Å². The first kappa shape index (κ1) is 16.1. The van der Waals surface area contributed by atoms with Crippen LogP contribution in [0.1, 0.15) is 6.42 Å². The minimum Gasteiger partial charge on any atom is -0.383 e. The van der Waals surface area contributed by atoms with Gasteiger partial charge in [-0.15, -0.1) is 11.6 Å². The van der Waals surface area contributed by atoms with Crippen LogP contribution in [0.4, 0.5) is 4.79 Å². The van der Waals surface area contributed by atoms with Gasteiger partial charge >= 0.3 is 6.03 Å². The summed E-state index contributed by atoms with van der Waals surface area (Å²) in [6.07, 6.45) is 0.121. The monoisotopic (exact) mass is 266 g/mol. The third-order valence-electron chi connectivity index (χ3n) is 1.99. The number of imide groups is 1. The Hall–Kier alpha value is -0.850. The maximum Gasteiger partial charge on any atom is 0.324 e. The molecule has 7 heteroatoms. The Morgan fingerprint density at radius 1 is 1.18 bits per heavy atom. The van der Waals surface area contributed by atoms with Crippen molar-refractivity contribution in [2.45, 2.75) is 6.42 Å². The van der Waals surface area contributed by atoms with Crippen molar-refractivity contribution in [1.82, 2.24) is 10.2 Å². The van der Waals surface area contributed by atoms with E-state index in [2.05, 4.69) is 5.32 Å². The first-order valence-corrected chi connectivity index (χ1v) is 5.81. The van der Waals surface area contributed by atoms with Crippen molar-refractivity contribution in [3.05, 3.63) is 0 Å². The van der Waals surface area contributed by atoms with Gasteiger partial charge in [-0.05, 0) is 0 Å². The number of amides is 3. The van der Waals surface area contributed by atoms with E-state index in [1.807, 2.05) is 0 Å². The molecule has 0 bridgehead atoms. The molecule has 1 N–H and O–H groups in total. The normalized spacial score (nSPS) is 10.1. The van der Waals surface area contributed by atoms with Gasteiger partial charge in [0.05, 0.1) is 13.2 Å². The van der Waals surface area contributed by atoms with Gasteiger partial charge in [-0.2, -0.15) is 0 Å². The zero-order chi connectivity index (χ0) is 13.1. The molecule has 0 fully saturated rings. The molecule has 0 saturated heterocycles. The first-order chi connectivity index (χ1) is 8.15. The Morgan fingerprint density at radius 2 is 1.71 bits per heavy atom. The molecule has 0 rings (SSSR count). The van der Waals surface area contributed by atoms with Gasteiger partial charge in [0.25, 0.3) is 0 Å². The van der Waals surface area contributed by atoms with Crippen LogP contribution in [0, 0.1) is 0 Å². The Morgan fingerprint density at radius 3 is 2.12 bits per heavy atom. The zero-order valence-electron chi connectivity index (χ0n) is 10.2.